The Morgan fingerprint density at radius 2 is 1.39 bits per heavy atom. The van der Waals surface area contributed by atoms with Crippen LogP contribution in [0.3, 0.4) is 0 Å². The van der Waals surface area contributed by atoms with Gasteiger partial charge in [-0.2, -0.15) is 0 Å². The fourth-order valence-corrected chi connectivity index (χ4v) is 2.30. The smallest absolute Gasteiger partial charge is 0.248 e. The zero-order valence-electron chi connectivity index (χ0n) is 10.1. The number of ether oxygens (including phenoxy) is 4. The van der Waals surface area contributed by atoms with Crippen LogP contribution in [-0.2, 0) is 23.8 Å². The van der Waals surface area contributed by atoms with Gasteiger partial charge in [0.25, 0.3) is 0 Å². The molecule has 0 unspecified atom stereocenters. The number of rotatable bonds is 1. The van der Waals surface area contributed by atoms with Gasteiger partial charge in [0.05, 0.1) is 26.4 Å². The number of nitrogens with zero attached hydrogens (tertiary/aromatic N) is 1. The third kappa shape index (κ3) is 1.69. The van der Waals surface area contributed by atoms with Crippen LogP contribution in [0.2, 0.25) is 0 Å². The van der Waals surface area contributed by atoms with E-state index in [1.54, 1.807) is 24.3 Å². The van der Waals surface area contributed by atoms with Gasteiger partial charge in [0, 0.05) is 0 Å². The van der Waals surface area contributed by atoms with Crippen molar-refractivity contribution in [1.29, 1.82) is 0 Å². The Hall–Kier alpha value is -1.21. The molecule has 98 valence electrons. The third-order valence-electron chi connectivity index (χ3n) is 3.06. The van der Waals surface area contributed by atoms with Crippen molar-refractivity contribution in [2.45, 2.75) is 11.6 Å². The molecular weight excluding hydrogens is 238 g/mol. The van der Waals surface area contributed by atoms with E-state index in [0.717, 1.165) is 0 Å². The van der Waals surface area contributed by atoms with Gasteiger partial charge in [0.1, 0.15) is 12.8 Å². The van der Waals surface area contributed by atoms with Crippen LogP contribution >= 0.6 is 0 Å². The summed E-state index contributed by atoms with van der Waals surface area (Å²) < 4.78 is 22.9. The van der Waals surface area contributed by atoms with Gasteiger partial charge in [-0.1, -0.05) is 5.16 Å². The van der Waals surface area contributed by atoms with Crippen molar-refractivity contribution in [2.75, 3.05) is 33.5 Å². The fourth-order valence-electron chi connectivity index (χ4n) is 2.30. The molecule has 0 amide bonds. The summed E-state index contributed by atoms with van der Waals surface area (Å²) in [6, 6.07) is 0. The quantitative estimate of drug-likeness (QED) is 0.640. The van der Waals surface area contributed by atoms with E-state index in [2.05, 4.69) is 5.16 Å². The maximum Gasteiger partial charge on any atom is 0.248 e. The minimum absolute atomic E-state index is 0.503. The van der Waals surface area contributed by atoms with Crippen LogP contribution in [0.1, 0.15) is 0 Å². The van der Waals surface area contributed by atoms with E-state index < -0.39 is 11.6 Å². The topological polar surface area (TPSA) is 58.5 Å². The van der Waals surface area contributed by atoms with E-state index in [-0.39, 0.29) is 0 Å². The van der Waals surface area contributed by atoms with Gasteiger partial charge in [-0.25, -0.2) is 0 Å². The van der Waals surface area contributed by atoms with Crippen LogP contribution in [0.25, 0.3) is 0 Å². The van der Waals surface area contributed by atoms with E-state index in [0.29, 0.717) is 32.1 Å². The second-order valence-electron chi connectivity index (χ2n) is 4.09. The minimum atomic E-state index is -1.04. The number of hydrogen-bond acceptors (Lipinski definition) is 6. The van der Waals surface area contributed by atoms with E-state index in [9.17, 15) is 0 Å². The summed E-state index contributed by atoms with van der Waals surface area (Å²) in [6.45, 7) is 2.01. The molecule has 0 aromatic carbocycles. The van der Waals surface area contributed by atoms with Crippen molar-refractivity contribution in [1.82, 2.24) is 0 Å². The molecule has 6 nitrogen and oxygen atoms in total. The lowest BCUT2D eigenvalue weighted by molar-refractivity contribution is -0.298. The molecule has 2 fully saturated rings. The predicted octanol–water partition coefficient (Wildman–Crippen LogP) is 0.601. The average molecular weight is 253 g/mol. The molecule has 2 aliphatic heterocycles. The highest BCUT2D eigenvalue weighted by atomic mass is 16.8. The second-order valence-corrected chi connectivity index (χ2v) is 4.09. The van der Waals surface area contributed by atoms with Crippen molar-refractivity contribution in [3.8, 4) is 0 Å². The van der Waals surface area contributed by atoms with Gasteiger partial charge >= 0.3 is 0 Å². The first-order valence-corrected chi connectivity index (χ1v) is 5.86. The third-order valence-corrected chi connectivity index (χ3v) is 3.06. The first-order valence-electron chi connectivity index (χ1n) is 5.86. The number of oxime groups is 1. The normalized spacial score (nSPS) is 27.9. The van der Waals surface area contributed by atoms with Crippen molar-refractivity contribution in [3.63, 3.8) is 0 Å². The van der Waals surface area contributed by atoms with Gasteiger partial charge in [0.2, 0.25) is 11.6 Å². The lowest BCUT2D eigenvalue weighted by Crippen LogP contribution is -2.53. The van der Waals surface area contributed by atoms with Crippen molar-refractivity contribution in [3.05, 3.63) is 24.3 Å². The highest BCUT2D eigenvalue weighted by Gasteiger charge is 2.58. The van der Waals surface area contributed by atoms with E-state index in [4.69, 9.17) is 23.8 Å². The van der Waals surface area contributed by atoms with Crippen LogP contribution in [0, 0.1) is 0 Å². The van der Waals surface area contributed by atoms with Gasteiger partial charge in [-0.15, -0.1) is 0 Å². The van der Waals surface area contributed by atoms with Crippen LogP contribution < -0.4 is 0 Å². The Kier molecular flexibility index (Phi) is 2.95. The summed E-state index contributed by atoms with van der Waals surface area (Å²) in [6.07, 6.45) is 7.07. The van der Waals surface area contributed by atoms with Gasteiger partial charge in [-0.05, 0) is 24.3 Å². The molecule has 18 heavy (non-hydrogen) atoms. The summed E-state index contributed by atoms with van der Waals surface area (Å²) in [5, 5.41) is 3.87. The zero-order valence-corrected chi connectivity index (χ0v) is 10.1. The fraction of sp³-hybridized carbons (Fsp3) is 0.583. The summed E-state index contributed by atoms with van der Waals surface area (Å²) in [7, 11) is 1.50. The number of fused-ring (bicyclic) bond motifs is 1. The monoisotopic (exact) mass is 253 g/mol. The van der Waals surface area contributed by atoms with Crippen LogP contribution in [0.5, 0.6) is 0 Å². The molecule has 0 saturated carbocycles. The summed E-state index contributed by atoms with van der Waals surface area (Å²) in [5.41, 5.74) is 0.645. The Morgan fingerprint density at radius 3 is 1.78 bits per heavy atom. The van der Waals surface area contributed by atoms with Crippen LogP contribution in [-0.4, -0.2) is 50.8 Å². The molecule has 0 bridgehead atoms. The van der Waals surface area contributed by atoms with Gasteiger partial charge in [0.15, 0.2) is 0 Å². The number of hydrogen-bond donors (Lipinski definition) is 0. The molecule has 2 spiro atoms. The molecule has 6 heteroatoms. The zero-order chi connectivity index (χ0) is 12.5. The average Bonchev–Trinajstić information content (AvgIpc) is 2.99. The Bertz CT molecular complexity index is 369. The van der Waals surface area contributed by atoms with Crippen LogP contribution in [0.4, 0.5) is 0 Å². The molecule has 0 radical (unpaired) electrons. The van der Waals surface area contributed by atoms with E-state index in [1.807, 2.05) is 0 Å². The first kappa shape index (κ1) is 11.9. The molecule has 3 aliphatic rings. The molecule has 1 aliphatic carbocycles. The van der Waals surface area contributed by atoms with Crippen LogP contribution in [0.15, 0.2) is 29.5 Å². The molecule has 0 N–H and O–H groups in total. The Balaban J connectivity index is 2.02. The molecule has 0 aromatic rings. The first-order chi connectivity index (χ1) is 8.80. The van der Waals surface area contributed by atoms with Gasteiger partial charge < -0.3 is 23.8 Å². The van der Waals surface area contributed by atoms with Crippen molar-refractivity contribution in [2.24, 2.45) is 5.16 Å². The summed E-state index contributed by atoms with van der Waals surface area (Å²) in [5.74, 6) is -2.07. The standard InChI is InChI=1S/C12H15NO5/c1-14-13-10-2-4-11(15-6-7-16-11)12(5-3-10)17-8-9-18-12/h2-5H,6-9H2,1H3. The molecule has 0 atom stereocenters. The molecular formula is C12H15NO5. The largest absolute Gasteiger partial charge is 0.399 e. The summed E-state index contributed by atoms with van der Waals surface area (Å²) >= 11 is 0. The maximum atomic E-state index is 5.72. The Morgan fingerprint density at radius 1 is 0.944 bits per heavy atom. The molecule has 2 heterocycles. The summed E-state index contributed by atoms with van der Waals surface area (Å²) in [4.78, 5) is 4.76. The molecule has 2 saturated heterocycles. The maximum absolute atomic E-state index is 5.72. The second kappa shape index (κ2) is 4.47. The Labute approximate surface area is 105 Å². The van der Waals surface area contributed by atoms with E-state index in [1.165, 1.54) is 7.11 Å². The lowest BCUT2D eigenvalue weighted by atomic mass is 10.1. The highest BCUT2D eigenvalue weighted by molar-refractivity contribution is 6.04. The van der Waals surface area contributed by atoms with E-state index >= 15 is 0 Å². The van der Waals surface area contributed by atoms with Crippen molar-refractivity contribution < 1.29 is 23.8 Å². The lowest BCUT2D eigenvalue weighted by Gasteiger charge is -2.37. The number of allylic oxidation sites excluding steroid dienone is 2. The molecule has 3 rings (SSSR count). The SMILES string of the molecule is CON=C1C=CC2(OCCO2)C2(C=C1)OCCO2. The van der Waals surface area contributed by atoms with Gasteiger partial charge in [-0.3, -0.25) is 0 Å². The molecule has 0 aromatic heterocycles. The highest BCUT2D eigenvalue weighted by Crippen LogP contribution is 2.41. The minimum Gasteiger partial charge on any atom is -0.399 e. The van der Waals surface area contributed by atoms with Crippen molar-refractivity contribution >= 4 is 5.71 Å². The predicted molar refractivity (Wildman–Crippen MR) is 62.0 cm³/mol.